The van der Waals surface area contributed by atoms with E-state index < -0.39 is 0 Å². The van der Waals surface area contributed by atoms with Crippen LogP contribution in [0.2, 0.25) is 0 Å². The summed E-state index contributed by atoms with van der Waals surface area (Å²) in [7, 11) is 0. The van der Waals surface area contributed by atoms with Crippen molar-refractivity contribution in [3.8, 4) is 10.9 Å². The molecule has 1 heterocycles. The minimum absolute atomic E-state index is 0.325. The zero-order valence-corrected chi connectivity index (χ0v) is 11.0. The van der Waals surface area contributed by atoms with Crippen LogP contribution in [-0.2, 0) is 4.74 Å². The van der Waals surface area contributed by atoms with Crippen LogP contribution in [0.1, 0.15) is 23.0 Å². The SMILES string of the molecule is CCOC(=O)c1ccc(Oc2nc(C)cs2)cc1. The van der Waals surface area contributed by atoms with Crippen molar-refractivity contribution in [2.45, 2.75) is 13.8 Å². The highest BCUT2D eigenvalue weighted by Gasteiger charge is 2.07. The van der Waals surface area contributed by atoms with Crippen molar-refractivity contribution in [3.05, 3.63) is 40.9 Å². The van der Waals surface area contributed by atoms with Crippen LogP contribution >= 0.6 is 11.3 Å². The van der Waals surface area contributed by atoms with Crippen LogP contribution in [0.25, 0.3) is 0 Å². The second kappa shape index (κ2) is 5.64. The third kappa shape index (κ3) is 3.07. The number of benzene rings is 1. The van der Waals surface area contributed by atoms with Gasteiger partial charge in [0.1, 0.15) is 5.75 Å². The molecule has 0 bridgehead atoms. The molecule has 0 N–H and O–H groups in total. The maximum atomic E-state index is 11.4. The summed E-state index contributed by atoms with van der Waals surface area (Å²) in [6.07, 6.45) is 0. The molecule has 1 aromatic heterocycles. The molecule has 0 aliphatic rings. The first-order valence-electron chi connectivity index (χ1n) is 5.56. The van der Waals surface area contributed by atoms with Gasteiger partial charge in [-0.1, -0.05) is 11.3 Å². The molecule has 4 nitrogen and oxygen atoms in total. The van der Waals surface area contributed by atoms with Crippen molar-refractivity contribution in [1.82, 2.24) is 4.98 Å². The molecule has 0 fully saturated rings. The summed E-state index contributed by atoms with van der Waals surface area (Å²) in [5.74, 6) is 0.326. The summed E-state index contributed by atoms with van der Waals surface area (Å²) in [5, 5.41) is 2.51. The number of aromatic nitrogens is 1. The summed E-state index contributed by atoms with van der Waals surface area (Å²) in [5.41, 5.74) is 1.44. The molecule has 0 aliphatic carbocycles. The second-order valence-corrected chi connectivity index (χ2v) is 4.42. The van der Waals surface area contributed by atoms with E-state index in [2.05, 4.69) is 4.98 Å². The average molecular weight is 263 g/mol. The number of carbonyl (C=O) groups excluding carboxylic acids is 1. The van der Waals surface area contributed by atoms with Gasteiger partial charge in [0, 0.05) is 5.38 Å². The Balaban J connectivity index is 2.05. The first kappa shape index (κ1) is 12.6. The Morgan fingerprint density at radius 2 is 2.06 bits per heavy atom. The minimum Gasteiger partial charge on any atom is -0.462 e. The number of rotatable bonds is 4. The Hall–Kier alpha value is -1.88. The summed E-state index contributed by atoms with van der Waals surface area (Å²) >= 11 is 1.44. The van der Waals surface area contributed by atoms with Crippen molar-refractivity contribution in [3.63, 3.8) is 0 Å². The zero-order valence-electron chi connectivity index (χ0n) is 10.2. The number of thiazole rings is 1. The van der Waals surface area contributed by atoms with E-state index in [1.807, 2.05) is 12.3 Å². The Morgan fingerprint density at radius 3 is 2.61 bits per heavy atom. The van der Waals surface area contributed by atoms with Crippen LogP contribution in [-0.4, -0.2) is 17.6 Å². The van der Waals surface area contributed by atoms with Gasteiger partial charge < -0.3 is 9.47 Å². The Morgan fingerprint density at radius 1 is 1.33 bits per heavy atom. The van der Waals surface area contributed by atoms with Gasteiger partial charge in [-0.15, -0.1) is 0 Å². The molecule has 0 saturated carbocycles. The van der Waals surface area contributed by atoms with Crippen LogP contribution in [0.3, 0.4) is 0 Å². The third-order valence-electron chi connectivity index (χ3n) is 2.17. The second-order valence-electron chi connectivity index (χ2n) is 3.60. The number of hydrogen-bond acceptors (Lipinski definition) is 5. The van der Waals surface area contributed by atoms with E-state index in [1.165, 1.54) is 11.3 Å². The highest BCUT2D eigenvalue weighted by atomic mass is 32.1. The maximum absolute atomic E-state index is 11.4. The fourth-order valence-corrected chi connectivity index (χ4v) is 2.02. The van der Waals surface area contributed by atoms with Crippen LogP contribution in [0.15, 0.2) is 29.6 Å². The van der Waals surface area contributed by atoms with Gasteiger partial charge >= 0.3 is 5.97 Å². The van der Waals surface area contributed by atoms with Crippen LogP contribution in [0.5, 0.6) is 10.9 Å². The van der Waals surface area contributed by atoms with Crippen molar-refractivity contribution in [1.29, 1.82) is 0 Å². The lowest BCUT2D eigenvalue weighted by atomic mass is 10.2. The monoisotopic (exact) mass is 263 g/mol. The molecule has 0 aliphatic heterocycles. The van der Waals surface area contributed by atoms with Crippen LogP contribution < -0.4 is 4.74 Å². The number of ether oxygens (including phenoxy) is 2. The summed E-state index contributed by atoms with van der Waals surface area (Å²) < 4.78 is 10.4. The predicted molar refractivity (Wildman–Crippen MR) is 69.3 cm³/mol. The van der Waals surface area contributed by atoms with Crippen molar-refractivity contribution in [2.24, 2.45) is 0 Å². The van der Waals surface area contributed by atoms with E-state index in [0.717, 1.165) is 5.69 Å². The zero-order chi connectivity index (χ0) is 13.0. The van der Waals surface area contributed by atoms with Crippen LogP contribution in [0, 0.1) is 6.92 Å². The standard InChI is InChI=1S/C13H13NO3S/c1-3-16-12(15)10-4-6-11(7-5-10)17-13-14-9(2)8-18-13/h4-8H,3H2,1-2H3. The van der Waals surface area contributed by atoms with Gasteiger partial charge in [-0.05, 0) is 38.1 Å². The Kier molecular flexibility index (Phi) is 3.94. The van der Waals surface area contributed by atoms with Gasteiger partial charge in [0.05, 0.1) is 17.9 Å². The van der Waals surface area contributed by atoms with E-state index in [1.54, 1.807) is 31.2 Å². The molecular weight excluding hydrogens is 250 g/mol. The summed E-state index contributed by atoms with van der Waals surface area (Å²) in [6, 6.07) is 6.80. The molecule has 94 valence electrons. The van der Waals surface area contributed by atoms with E-state index in [9.17, 15) is 4.79 Å². The normalized spacial score (nSPS) is 10.1. The number of aryl methyl sites for hydroxylation is 1. The number of nitrogens with zero attached hydrogens (tertiary/aromatic N) is 1. The molecule has 0 amide bonds. The molecule has 2 rings (SSSR count). The van der Waals surface area contributed by atoms with E-state index >= 15 is 0 Å². The van der Waals surface area contributed by atoms with E-state index in [-0.39, 0.29) is 5.97 Å². The fourth-order valence-electron chi connectivity index (χ4n) is 1.35. The smallest absolute Gasteiger partial charge is 0.338 e. The molecule has 0 radical (unpaired) electrons. The molecule has 0 saturated heterocycles. The molecule has 0 atom stereocenters. The van der Waals surface area contributed by atoms with Crippen molar-refractivity contribution in [2.75, 3.05) is 6.61 Å². The van der Waals surface area contributed by atoms with Gasteiger partial charge in [0.2, 0.25) is 0 Å². The van der Waals surface area contributed by atoms with Gasteiger partial charge in [0.15, 0.2) is 0 Å². The first-order chi connectivity index (χ1) is 8.69. The molecule has 0 unspecified atom stereocenters. The number of carbonyl (C=O) groups is 1. The fraction of sp³-hybridized carbons (Fsp3) is 0.231. The molecule has 18 heavy (non-hydrogen) atoms. The third-order valence-corrected chi connectivity index (χ3v) is 3.00. The van der Waals surface area contributed by atoms with E-state index in [4.69, 9.17) is 9.47 Å². The molecule has 2 aromatic rings. The average Bonchev–Trinajstić information content (AvgIpc) is 2.76. The van der Waals surface area contributed by atoms with Crippen molar-refractivity contribution < 1.29 is 14.3 Å². The van der Waals surface area contributed by atoms with Gasteiger partial charge in [-0.25, -0.2) is 9.78 Å². The molecule has 1 aromatic carbocycles. The summed E-state index contributed by atoms with van der Waals surface area (Å²) in [4.78, 5) is 15.6. The van der Waals surface area contributed by atoms with Gasteiger partial charge in [-0.3, -0.25) is 0 Å². The van der Waals surface area contributed by atoms with Crippen molar-refractivity contribution >= 4 is 17.3 Å². The first-order valence-corrected chi connectivity index (χ1v) is 6.44. The summed E-state index contributed by atoms with van der Waals surface area (Å²) in [6.45, 7) is 4.06. The topological polar surface area (TPSA) is 48.4 Å². The van der Waals surface area contributed by atoms with E-state index in [0.29, 0.717) is 23.1 Å². The minimum atomic E-state index is -0.325. The maximum Gasteiger partial charge on any atom is 0.338 e. The molecular formula is C13H13NO3S. The molecule has 0 spiro atoms. The van der Waals surface area contributed by atoms with Gasteiger partial charge in [0.25, 0.3) is 5.19 Å². The highest BCUT2D eigenvalue weighted by molar-refractivity contribution is 7.11. The Bertz CT molecular complexity index is 533. The van der Waals surface area contributed by atoms with Gasteiger partial charge in [-0.2, -0.15) is 0 Å². The Labute approximate surface area is 109 Å². The largest absolute Gasteiger partial charge is 0.462 e. The predicted octanol–water partition coefficient (Wildman–Crippen LogP) is 3.42. The quantitative estimate of drug-likeness (QED) is 0.793. The lowest BCUT2D eigenvalue weighted by molar-refractivity contribution is 0.0526. The number of hydrogen-bond donors (Lipinski definition) is 0. The number of esters is 1. The highest BCUT2D eigenvalue weighted by Crippen LogP contribution is 2.25. The van der Waals surface area contributed by atoms with Crippen LogP contribution in [0.4, 0.5) is 0 Å². The molecule has 5 heteroatoms. The lowest BCUT2D eigenvalue weighted by Gasteiger charge is -2.04. The lowest BCUT2D eigenvalue weighted by Crippen LogP contribution is -2.03.